The van der Waals surface area contributed by atoms with Crippen molar-refractivity contribution in [3.05, 3.63) is 47.1 Å². The van der Waals surface area contributed by atoms with Crippen molar-refractivity contribution in [2.75, 3.05) is 6.54 Å². The van der Waals surface area contributed by atoms with Crippen molar-refractivity contribution >= 4 is 0 Å². The van der Waals surface area contributed by atoms with E-state index in [9.17, 15) is 8.78 Å². The van der Waals surface area contributed by atoms with Crippen LogP contribution in [-0.4, -0.2) is 16.7 Å². The van der Waals surface area contributed by atoms with Gasteiger partial charge in [0.15, 0.2) is 5.82 Å². The van der Waals surface area contributed by atoms with Gasteiger partial charge in [0.2, 0.25) is 5.89 Å². The van der Waals surface area contributed by atoms with E-state index in [1.165, 1.54) is 12.1 Å². The van der Waals surface area contributed by atoms with Crippen LogP contribution in [0.4, 0.5) is 8.78 Å². The van der Waals surface area contributed by atoms with Gasteiger partial charge < -0.3 is 10.3 Å². The van der Waals surface area contributed by atoms with Crippen molar-refractivity contribution in [3.8, 4) is 0 Å². The second kappa shape index (κ2) is 6.30. The van der Waals surface area contributed by atoms with Crippen LogP contribution in [0.5, 0.6) is 0 Å². The summed E-state index contributed by atoms with van der Waals surface area (Å²) in [6.07, 6.45) is 1.72. The number of nitrogens with zero attached hydrogens (tertiary/aromatic N) is 2. The fourth-order valence-corrected chi connectivity index (χ4v) is 2.31. The molecule has 0 aliphatic rings. The van der Waals surface area contributed by atoms with Crippen molar-refractivity contribution in [1.82, 2.24) is 10.1 Å². The maximum atomic E-state index is 13.6. The third-order valence-corrected chi connectivity index (χ3v) is 4.03. The second-order valence-electron chi connectivity index (χ2n) is 5.12. The molecule has 0 aliphatic heterocycles. The van der Waals surface area contributed by atoms with Crippen LogP contribution in [0, 0.1) is 11.6 Å². The number of aromatic nitrogens is 2. The van der Waals surface area contributed by atoms with Gasteiger partial charge in [-0.1, -0.05) is 25.1 Å². The molecule has 0 atom stereocenters. The molecule has 0 bridgehead atoms. The van der Waals surface area contributed by atoms with Crippen LogP contribution in [0.2, 0.25) is 0 Å². The average molecular weight is 295 g/mol. The Kier molecular flexibility index (Phi) is 4.67. The third-order valence-electron chi connectivity index (χ3n) is 4.03. The van der Waals surface area contributed by atoms with Crippen LogP contribution in [0.15, 0.2) is 22.7 Å². The van der Waals surface area contributed by atoms with E-state index in [4.69, 9.17) is 10.3 Å². The molecule has 0 unspecified atom stereocenters. The van der Waals surface area contributed by atoms with E-state index in [-0.39, 0.29) is 11.8 Å². The Morgan fingerprint density at radius 2 is 1.95 bits per heavy atom. The number of hydrogen-bond acceptors (Lipinski definition) is 4. The highest BCUT2D eigenvalue weighted by atomic mass is 19.1. The summed E-state index contributed by atoms with van der Waals surface area (Å²) in [4.78, 5) is 4.34. The number of nitrogens with two attached hydrogens (primary N) is 1. The van der Waals surface area contributed by atoms with E-state index in [1.807, 2.05) is 13.8 Å². The molecule has 0 radical (unpaired) electrons. The molecule has 114 valence electrons. The molecular formula is C15H19F2N3O. The SMILES string of the molecule is CCC(CC)(CN)c1nc(Cc2ccc(F)cc2F)no1. The lowest BCUT2D eigenvalue weighted by atomic mass is 9.82. The zero-order valence-electron chi connectivity index (χ0n) is 12.2. The molecule has 0 aliphatic carbocycles. The first-order valence-electron chi connectivity index (χ1n) is 7.01. The smallest absolute Gasteiger partial charge is 0.234 e. The van der Waals surface area contributed by atoms with E-state index in [0.717, 1.165) is 18.9 Å². The van der Waals surface area contributed by atoms with Gasteiger partial charge in [0, 0.05) is 19.0 Å². The van der Waals surface area contributed by atoms with Crippen molar-refractivity contribution < 1.29 is 13.3 Å². The summed E-state index contributed by atoms with van der Waals surface area (Å²) in [5.74, 6) is -0.371. The summed E-state index contributed by atoms with van der Waals surface area (Å²) in [5.41, 5.74) is 5.82. The molecular weight excluding hydrogens is 276 g/mol. The summed E-state index contributed by atoms with van der Waals surface area (Å²) < 4.78 is 31.8. The molecule has 1 aromatic carbocycles. The summed E-state index contributed by atoms with van der Waals surface area (Å²) in [6.45, 7) is 4.44. The molecule has 0 amide bonds. The van der Waals surface area contributed by atoms with Gasteiger partial charge >= 0.3 is 0 Å². The number of halogens is 2. The van der Waals surface area contributed by atoms with Gasteiger partial charge in [0.1, 0.15) is 11.6 Å². The summed E-state index contributed by atoms with van der Waals surface area (Å²) in [7, 11) is 0. The largest absolute Gasteiger partial charge is 0.339 e. The standard InChI is InChI=1S/C15H19F2N3O/c1-3-15(4-2,9-18)14-19-13(20-21-14)7-10-5-6-11(16)8-12(10)17/h5-6,8H,3-4,7,9,18H2,1-2H3. The first-order valence-corrected chi connectivity index (χ1v) is 7.01. The van der Waals surface area contributed by atoms with Crippen LogP contribution >= 0.6 is 0 Å². The fourth-order valence-electron chi connectivity index (χ4n) is 2.31. The van der Waals surface area contributed by atoms with E-state index >= 15 is 0 Å². The Bertz CT molecular complexity index is 600. The molecule has 0 saturated carbocycles. The zero-order valence-corrected chi connectivity index (χ0v) is 12.2. The van der Waals surface area contributed by atoms with Crippen LogP contribution in [0.1, 0.15) is 44.0 Å². The van der Waals surface area contributed by atoms with E-state index < -0.39 is 11.6 Å². The van der Waals surface area contributed by atoms with Crippen LogP contribution in [-0.2, 0) is 11.8 Å². The average Bonchev–Trinajstić information content (AvgIpc) is 2.94. The molecule has 2 rings (SSSR count). The molecule has 6 heteroatoms. The maximum Gasteiger partial charge on any atom is 0.234 e. The molecule has 4 nitrogen and oxygen atoms in total. The van der Waals surface area contributed by atoms with Gasteiger partial charge in [-0.2, -0.15) is 4.98 Å². The minimum atomic E-state index is -0.613. The molecule has 2 N–H and O–H groups in total. The lowest BCUT2D eigenvalue weighted by Crippen LogP contribution is -2.34. The van der Waals surface area contributed by atoms with Gasteiger partial charge in [0.25, 0.3) is 0 Å². The molecule has 1 aromatic heterocycles. The van der Waals surface area contributed by atoms with Gasteiger partial charge in [-0.3, -0.25) is 0 Å². The van der Waals surface area contributed by atoms with Gasteiger partial charge in [-0.15, -0.1) is 0 Å². The highest BCUT2D eigenvalue weighted by Gasteiger charge is 2.33. The van der Waals surface area contributed by atoms with Crippen LogP contribution < -0.4 is 5.73 Å². The normalized spacial score (nSPS) is 11.9. The highest BCUT2D eigenvalue weighted by molar-refractivity contribution is 5.22. The minimum Gasteiger partial charge on any atom is -0.339 e. The zero-order chi connectivity index (χ0) is 15.5. The lowest BCUT2D eigenvalue weighted by molar-refractivity contribution is 0.266. The molecule has 0 fully saturated rings. The van der Waals surface area contributed by atoms with Gasteiger partial charge in [0.05, 0.1) is 5.41 Å². The van der Waals surface area contributed by atoms with Crippen molar-refractivity contribution in [2.45, 2.75) is 38.5 Å². The first kappa shape index (κ1) is 15.6. The van der Waals surface area contributed by atoms with Crippen molar-refractivity contribution in [1.29, 1.82) is 0 Å². The van der Waals surface area contributed by atoms with Crippen LogP contribution in [0.3, 0.4) is 0 Å². The number of rotatable bonds is 6. The Morgan fingerprint density at radius 3 is 2.52 bits per heavy atom. The number of hydrogen-bond donors (Lipinski definition) is 1. The fraction of sp³-hybridized carbons (Fsp3) is 0.467. The van der Waals surface area contributed by atoms with Gasteiger partial charge in [-0.05, 0) is 24.5 Å². The summed E-state index contributed by atoms with van der Waals surface area (Å²) >= 11 is 0. The highest BCUT2D eigenvalue weighted by Crippen LogP contribution is 2.29. The van der Waals surface area contributed by atoms with Crippen molar-refractivity contribution in [3.63, 3.8) is 0 Å². The van der Waals surface area contributed by atoms with E-state index in [2.05, 4.69) is 10.1 Å². The molecule has 1 heterocycles. The van der Waals surface area contributed by atoms with Crippen LogP contribution in [0.25, 0.3) is 0 Å². The second-order valence-corrected chi connectivity index (χ2v) is 5.12. The Balaban J connectivity index is 2.24. The Morgan fingerprint density at radius 1 is 1.24 bits per heavy atom. The Labute approximate surface area is 122 Å². The third kappa shape index (κ3) is 3.10. The molecule has 21 heavy (non-hydrogen) atoms. The molecule has 0 spiro atoms. The minimum absolute atomic E-state index is 0.156. The Hall–Kier alpha value is -1.82. The molecule has 2 aromatic rings. The molecule has 0 saturated heterocycles. The predicted molar refractivity (Wildman–Crippen MR) is 74.8 cm³/mol. The summed E-state index contributed by atoms with van der Waals surface area (Å²) in [5, 5.41) is 3.88. The van der Waals surface area contributed by atoms with Gasteiger partial charge in [-0.25, -0.2) is 8.78 Å². The van der Waals surface area contributed by atoms with E-state index in [1.54, 1.807) is 0 Å². The summed E-state index contributed by atoms with van der Waals surface area (Å²) in [6, 6.07) is 3.44. The lowest BCUT2D eigenvalue weighted by Gasteiger charge is -2.24. The monoisotopic (exact) mass is 295 g/mol. The van der Waals surface area contributed by atoms with E-state index in [0.29, 0.717) is 23.8 Å². The van der Waals surface area contributed by atoms with Crippen molar-refractivity contribution in [2.24, 2.45) is 5.73 Å². The predicted octanol–water partition coefficient (Wildman–Crippen LogP) is 2.96. The quantitative estimate of drug-likeness (QED) is 0.890. The first-order chi connectivity index (χ1) is 10.0. The topological polar surface area (TPSA) is 64.9 Å². The maximum absolute atomic E-state index is 13.6. The number of benzene rings is 1.